The first-order valence-electron chi connectivity index (χ1n) is 4.03. The fourth-order valence-corrected chi connectivity index (χ4v) is 0.964. The third kappa shape index (κ3) is 2.72. The zero-order valence-corrected chi connectivity index (χ0v) is 6.93. The van der Waals surface area contributed by atoms with Crippen molar-refractivity contribution >= 4 is 5.71 Å². The Balaban J connectivity index is 2.53. The Hall–Kier alpha value is -0.830. The number of rotatable bonds is 2. The summed E-state index contributed by atoms with van der Waals surface area (Å²) in [6.07, 6.45) is 2.87. The van der Waals surface area contributed by atoms with Gasteiger partial charge in [-0.05, 0) is 12.5 Å². The van der Waals surface area contributed by atoms with E-state index < -0.39 is 0 Å². The second-order valence-corrected chi connectivity index (χ2v) is 2.62. The lowest BCUT2D eigenvalue weighted by Crippen LogP contribution is -2.30. The van der Waals surface area contributed by atoms with Crippen LogP contribution < -0.4 is 11.1 Å². The molecule has 1 aliphatic rings. The van der Waals surface area contributed by atoms with Gasteiger partial charge in [0.15, 0.2) is 0 Å². The molecule has 3 N–H and O–H groups in total. The average molecular weight is 153 g/mol. The number of allylic oxidation sites excluding steroid dienone is 1. The highest BCUT2D eigenvalue weighted by atomic mass is 15.0. The molecule has 0 saturated carbocycles. The minimum atomic E-state index is 0.862. The van der Waals surface area contributed by atoms with Crippen molar-refractivity contribution in [2.75, 3.05) is 19.6 Å². The fourth-order valence-electron chi connectivity index (χ4n) is 0.964. The maximum absolute atomic E-state index is 5.66. The second kappa shape index (κ2) is 4.13. The summed E-state index contributed by atoms with van der Waals surface area (Å²) in [7, 11) is 0. The highest BCUT2D eigenvalue weighted by Gasteiger charge is 2.00. The van der Waals surface area contributed by atoms with Crippen molar-refractivity contribution < 1.29 is 0 Å². The highest BCUT2D eigenvalue weighted by Crippen LogP contribution is 1.94. The Bertz CT molecular complexity index is 182. The van der Waals surface area contributed by atoms with Crippen LogP contribution >= 0.6 is 0 Å². The van der Waals surface area contributed by atoms with Crippen LogP contribution in [-0.4, -0.2) is 25.3 Å². The normalized spacial score (nSPS) is 19.7. The number of nitrogens with two attached hydrogens (primary N) is 1. The van der Waals surface area contributed by atoms with E-state index in [2.05, 4.69) is 10.3 Å². The second-order valence-electron chi connectivity index (χ2n) is 2.62. The average Bonchev–Trinajstić information content (AvgIpc) is 2.06. The molecule has 11 heavy (non-hydrogen) atoms. The van der Waals surface area contributed by atoms with Gasteiger partial charge in [-0.2, -0.15) is 0 Å². The van der Waals surface area contributed by atoms with E-state index in [1.165, 1.54) is 0 Å². The number of nitrogens with one attached hydrogen (secondary N) is 1. The van der Waals surface area contributed by atoms with Crippen molar-refractivity contribution in [1.29, 1.82) is 0 Å². The van der Waals surface area contributed by atoms with Crippen LogP contribution in [0.2, 0.25) is 0 Å². The molecular weight excluding hydrogens is 138 g/mol. The van der Waals surface area contributed by atoms with E-state index in [1.807, 2.05) is 13.0 Å². The zero-order valence-electron chi connectivity index (χ0n) is 6.93. The molecule has 3 nitrogen and oxygen atoms in total. The lowest BCUT2D eigenvalue weighted by atomic mass is 10.2. The molecule has 0 fully saturated rings. The summed E-state index contributed by atoms with van der Waals surface area (Å²) < 4.78 is 0. The molecule has 1 heterocycles. The van der Waals surface area contributed by atoms with Crippen molar-refractivity contribution in [3.63, 3.8) is 0 Å². The van der Waals surface area contributed by atoms with Crippen molar-refractivity contribution in [2.24, 2.45) is 10.7 Å². The molecule has 0 aromatic rings. The summed E-state index contributed by atoms with van der Waals surface area (Å²) in [6, 6.07) is 0. The van der Waals surface area contributed by atoms with Crippen LogP contribution in [0.4, 0.5) is 0 Å². The molecular formula is C8H15N3. The summed E-state index contributed by atoms with van der Waals surface area (Å²) in [5, 5.41) is 3.23. The van der Waals surface area contributed by atoms with Gasteiger partial charge in [0.05, 0.1) is 12.3 Å². The van der Waals surface area contributed by atoms with E-state index in [0.29, 0.717) is 0 Å². The molecule has 0 amide bonds. The number of aliphatic imine (C=N–C) groups is 1. The van der Waals surface area contributed by atoms with Crippen LogP contribution in [0.25, 0.3) is 0 Å². The molecule has 0 bridgehead atoms. The van der Waals surface area contributed by atoms with Gasteiger partial charge in [-0.15, -0.1) is 0 Å². The first-order valence-corrected chi connectivity index (χ1v) is 4.03. The van der Waals surface area contributed by atoms with E-state index in [9.17, 15) is 0 Å². The SMILES string of the molecule is CC/C(N)=C/C1=NCCNC1. The summed E-state index contributed by atoms with van der Waals surface area (Å²) in [6.45, 7) is 4.77. The molecule has 0 unspecified atom stereocenters. The Morgan fingerprint density at radius 2 is 2.64 bits per heavy atom. The van der Waals surface area contributed by atoms with Crippen molar-refractivity contribution in [3.8, 4) is 0 Å². The minimum absolute atomic E-state index is 0.862. The van der Waals surface area contributed by atoms with E-state index in [-0.39, 0.29) is 0 Å². The smallest absolute Gasteiger partial charge is 0.0518 e. The Morgan fingerprint density at radius 1 is 1.82 bits per heavy atom. The van der Waals surface area contributed by atoms with E-state index >= 15 is 0 Å². The number of hydrogen-bond donors (Lipinski definition) is 2. The van der Waals surface area contributed by atoms with E-state index in [4.69, 9.17) is 5.73 Å². The van der Waals surface area contributed by atoms with Gasteiger partial charge in [-0.1, -0.05) is 6.92 Å². The molecule has 0 aromatic heterocycles. The minimum Gasteiger partial charge on any atom is -0.402 e. The third-order valence-corrected chi connectivity index (χ3v) is 1.67. The Kier molecular flexibility index (Phi) is 3.11. The van der Waals surface area contributed by atoms with Gasteiger partial charge >= 0.3 is 0 Å². The maximum Gasteiger partial charge on any atom is 0.0518 e. The van der Waals surface area contributed by atoms with E-state index in [0.717, 1.165) is 37.5 Å². The number of nitrogens with zero attached hydrogens (tertiary/aromatic N) is 1. The van der Waals surface area contributed by atoms with Gasteiger partial charge in [-0.3, -0.25) is 4.99 Å². The molecule has 0 saturated heterocycles. The Morgan fingerprint density at radius 3 is 3.18 bits per heavy atom. The van der Waals surface area contributed by atoms with Crippen LogP contribution in [0, 0.1) is 0 Å². The van der Waals surface area contributed by atoms with Crippen molar-refractivity contribution in [2.45, 2.75) is 13.3 Å². The van der Waals surface area contributed by atoms with Crippen LogP contribution in [-0.2, 0) is 0 Å². The van der Waals surface area contributed by atoms with Crippen LogP contribution in [0.5, 0.6) is 0 Å². The van der Waals surface area contributed by atoms with Crippen LogP contribution in [0.1, 0.15) is 13.3 Å². The van der Waals surface area contributed by atoms with Crippen LogP contribution in [0.3, 0.4) is 0 Å². The monoisotopic (exact) mass is 153 g/mol. The summed E-state index contributed by atoms with van der Waals surface area (Å²) in [5.74, 6) is 0. The highest BCUT2D eigenvalue weighted by molar-refractivity contribution is 5.97. The first-order chi connectivity index (χ1) is 5.33. The molecule has 62 valence electrons. The lowest BCUT2D eigenvalue weighted by molar-refractivity contribution is 0.737. The quantitative estimate of drug-likeness (QED) is 0.599. The first kappa shape index (κ1) is 8.27. The number of hydrogen-bond acceptors (Lipinski definition) is 3. The standard InChI is InChI=1S/C8H15N3/c1-2-7(9)5-8-6-10-3-4-11-8/h5,10H,2-4,6,9H2,1H3/b7-5-. The van der Waals surface area contributed by atoms with Crippen molar-refractivity contribution in [3.05, 3.63) is 11.8 Å². The molecule has 3 heteroatoms. The van der Waals surface area contributed by atoms with Gasteiger partial charge in [0.2, 0.25) is 0 Å². The summed E-state index contributed by atoms with van der Waals surface area (Å²) in [5.41, 5.74) is 7.65. The van der Waals surface area contributed by atoms with Gasteiger partial charge in [0.25, 0.3) is 0 Å². The summed E-state index contributed by atoms with van der Waals surface area (Å²) >= 11 is 0. The van der Waals surface area contributed by atoms with Crippen molar-refractivity contribution in [1.82, 2.24) is 5.32 Å². The van der Waals surface area contributed by atoms with Gasteiger partial charge < -0.3 is 11.1 Å². The van der Waals surface area contributed by atoms with Crippen LogP contribution in [0.15, 0.2) is 16.8 Å². The summed E-state index contributed by atoms with van der Waals surface area (Å²) in [4.78, 5) is 4.32. The van der Waals surface area contributed by atoms with Gasteiger partial charge in [0.1, 0.15) is 0 Å². The lowest BCUT2D eigenvalue weighted by Gasteiger charge is -2.10. The van der Waals surface area contributed by atoms with Gasteiger partial charge in [0, 0.05) is 18.8 Å². The molecule has 0 atom stereocenters. The van der Waals surface area contributed by atoms with Gasteiger partial charge in [-0.25, -0.2) is 0 Å². The molecule has 0 radical (unpaired) electrons. The molecule has 0 spiro atoms. The maximum atomic E-state index is 5.66. The zero-order chi connectivity index (χ0) is 8.10. The predicted octanol–water partition coefficient (Wildman–Crippen LogP) is 0.283. The largest absolute Gasteiger partial charge is 0.402 e. The third-order valence-electron chi connectivity index (χ3n) is 1.67. The Labute approximate surface area is 67.4 Å². The predicted molar refractivity (Wildman–Crippen MR) is 47.7 cm³/mol. The molecule has 1 aliphatic heterocycles. The topological polar surface area (TPSA) is 50.4 Å². The van der Waals surface area contributed by atoms with E-state index in [1.54, 1.807) is 0 Å². The molecule has 0 aliphatic carbocycles. The molecule has 0 aromatic carbocycles. The fraction of sp³-hybridized carbons (Fsp3) is 0.625. The molecule has 1 rings (SSSR count).